The summed E-state index contributed by atoms with van der Waals surface area (Å²) in [5.41, 5.74) is 3.94. The molecule has 0 spiro atoms. The maximum atomic E-state index is 13.9. The Balaban J connectivity index is 1.69. The maximum absolute atomic E-state index is 13.9. The van der Waals surface area contributed by atoms with Crippen LogP contribution in [0.5, 0.6) is 0 Å². The topological polar surface area (TPSA) is 46.4 Å². The van der Waals surface area contributed by atoms with Crippen LogP contribution in [0.25, 0.3) is 16.8 Å². The van der Waals surface area contributed by atoms with Gasteiger partial charge in [0.2, 0.25) is 5.91 Å². The number of aromatic nitrogens is 2. The highest BCUT2D eigenvalue weighted by atomic mass is 19.1. The van der Waals surface area contributed by atoms with Crippen molar-refractivity contribution >= 4 is 17.4 Å². The van der Waals surface area contributed by atoms with E-state index in [-0.39, 0.29) is 18.1 Å². The minimum atomic E-state index is -1.04. The van der Waals surface area contributed by atoms with Crippen molar-refractivity contribution in [2.24, 2.45) is 5.92 Å². The molecule has 128 valence electrons. The van der Waals surface area contributed by atoms with Crippen LogP contribution >= 0.6 is 0 Å². The molecule has 6 heteroatoms. The summed E-state index contributed by atoms with van der Waals surface area (Å²) in [4.78, 5) is 16.2. The molecule has 2 unspecified atom stereocenters. The Kier molecular flexibility index (Phi) is 3.56. The summed E-state index contributed by atoms with van der Waals surface area (Å²) in [5, 5.41) is 2.64. The third-order valence-corrected chi connectivity index (χ3v) is 4.65. The second-order valence-electron chi connectivity index (χ2n) is 6.52. The number of fused-ring (bicyclic) bond motifs is 1. The van der Waals surface area contributed by atoms with Crippen LogP contribution < -0.4 is 5.32 Å². The molecule has 1 aliphatic carbocycles. The number of carbonyl (C=O) groups excluding carboxylic acids is 1. The number of benzene rings is 1. The van der Waals surface area contributed by atoms with Gasteiger partial charge in [0.05, 0.1) is 12.1 Å². The lowest BCUT2D eigenvalue weighted by molar-refractivity contribution is -0.117. The number of alkyl halides is 1. The van der Waals surface area contributed by atoms with Gasteiger partial charge in [-0.25, -0.2) is 13.8 Å². The maximum Gasteiger partial charge on any atom is 0.231 e. The summed E-state index contributed by atoms with van der Waals surface area (Å²) >= 11 is 0. The zero-order chi connectivity index (χ0) is 17.7. The smallest absolute Gasteiger partial charge is 0.231 e. The Labute approximate surface area is 143 Å². The molecule has 1 amide bonds. The largest absolute Gasteiger partial charge is 0.309 e. The first-order valence-electron chi connectivity index (χ1n) is 8.14. The number of nitrogens with one attached hydrogen (secondary N) is 1. The van der Waals surface area contributed by atoms with Crippen molar-refractivity contribution in [1.82, 2.24) is 9.38 Å². The second-order valence-corrected chi connectivity index (χ2v) is 6.52. The molecule has 0 radical (unpaired) electrons. The van der Waals surface area contributed by atoms with Crippen LogP contribution in [0, 0.1) is 25.6 Å². The first kappa shape index (κ1) is 15.7. The summed E-state index contributed by atoms with van der Waals surface area (Å²) in [6.45, 7) is 3.69. The number of amides is 1. The van der Waals surface area contributed by atoms with E-state index in [1.165, 1.54) is 6.07 Å². The molecule has 1 aromatic carbocycles. The standard InChI is InChI=1S/C19H17F2N3O/c1-10-3-5-14(20)11(2)18(10)12-4-6-17-22-16(9-24(17)8-12)23-19(25)13-7-15(13)21/h3-6,8-9,13,15H,7H2,1-2H3,(H,23,25). The number of nitrogens with zero attached hydrogens (tertiary/aromatic N) is 2. The van der Waals surface area contributed by atoms with Crippen LogP contribution in [-0.4, -0.2) is 21.5 Å². The highest BCUT2D eigenvalue weighted by molar-refractivity contribution is 5.94. The highest BCUT2D eigenvalue weighted by Gasteiger charge is 2.43. The molecule has 1 saturated carbocycles. The van der Waals surface area contributed by atoms with E-state index >= 15 is 0 Å². The normalized spacial score (nSPS) is 19.2. The minimum Gasteiger partial charge on any atom is -0.309 e. The molecular weight excluding hydrogens is 324 g/mol. The van der Waals surface area contributed by atoms with Gasteiger partial charge >= 0.3 is 0 Å². The molecule has 0 aliphatic heterocycles. The number of hydrogen-bond acceptors (Lipinski definition) is 2. The van der Waals surface area contributed by atoms with Gasteiger partial charge in [-0.3, -0.25) is 4.79 Å². The fourth-order valence-corrected chi connectivity index (χ4v) is 3.12. The van der Waals surface area contributed by atoms with Crippen molar-refractivity contribution in [2.75, 3.05) is 5.32 Å². The number of aryl methyl sites for hydroxylation is 1. The van der Waals surface area contributed by atoms with Crippen molar-refractivity contribution in [1.29, 1.82) is 0 Å². The van der Waals surface area contributed by atoms with Crippen LogP contribution in [0.4, 0.5) is 14.6 Å². The Bertz CT molecular complexity index is 996. The summed E-state index contributed by atoms with van der Waals surface area (Å²) in [5.74, 6) is -0.760. The number of carbonyl (C=O) groups is 1. The molecule has 2 heterocycles. The molecule has 25 heavy (non-hydrogen) atoms. The van der Waals surface area contributed by atoms with Crippen LogP contribution in [-0.2, 0) is 4.79 Å². The van der Waals surface area contributed by atoms with Crippen LogP contribution in [0.1, 0.15) is 17.5 Å². The SMILES string of the molecule is Cc1ccc(F)c(C)c1-c1ccc2nc(NC(=O)C3CC3F)cn2c1. The first-order valence-corrected chi connectivity index (χ1v) is 8.14. The van der Waals surface area contributed by atoms with E-state index in [9.17, 15) is 13.6 Å². The third-order valence-electron chi connectivity index (χ3n) is 4.65. The van der Waals surface area contributed by atoms with Gasteiger partial charge in [0.25, 0.3) is 0 Å². The lowest BCUT2D eigenvalue weighted by Crippen LogP contribution is -2.15. The van der Waals surface area contributed by atoms with E-state index in [1.807, 2.05) is 25.3 Å². The minimum absolute atomic E-state index is 0.246. The molecule has 1 N–H and O–H groups in total. The predicted octanol–water partition coefficient (Wildman–Crippen LogP) is 4.05. The quantitative estimate of drug-likeness (QED) is 0.781. The Hall–Kier alpha value is -2.76. The predicted molar refractivity (Wildman–Crippen MR) is 91.7 cm³/mol. The van der Waals surface area contributed by atoms with E-state index in [4.69, 9.17) is 0 Å². The average Bonchev–Trinajstić information content (AvgIpc) is 3.17. The van der Waals surface area contributed by atoms with Gasteiger partial charge < -0.3 is 9.72 Å². The van der Waals surface area contributed by atoms with Crippen molar-refractivity contribution in [3.63, 3.8) is 0 Å². The van der Waals surface area contributed by atoms with Gasteiger partial charge in [-0.1, -0.05) is 6.07 Å². The van der Waals surface area contributed by atoms with Crippen molar-refractivity contribution in [2.45, 2.75) is 26.4 Å². The average molecular weight is 341 g/mol. The van der Waals surface area contributed by atoms with Gasteiger partial charge in [0, 0.05) is 6.20 Å². The van der Waals surface area contributed by atoms with E-state index in [0.29, 0.717) is 17.0 Å². The Morgan fingerprint density at radius 1 is 1.24 bits per heavy atom. The number of halogens is 2. The highest BCUT2D eigenvalue weighted by Crippen LogP contribution is 2.34. The summed E-state index contributed by atoms with van der Waals surface area (Å²) in [6.07, 6.45) is 2.77. The molecule has 2 atom stereocenters. The van der Waals surface area contributed by atoms with E-state index < -0.39 is 12.1 Å². The molecule has 1 fully saturated rings. The van der Waals surface area contributed by atoms with Crippen molar-refractivity contribution in [3.05, 3.63) is 53.6 Å². The van der Waals surface area contributed by atoms with E-state index in [2.05, 4.69) is 10.3 Å². The second kappa shape index (κ2) is 5.65. The van der Waals surface area contributed by atoms with E-state index in [0.717, 1.165) is 16.7 Å². The number of pyridine rings is 1. The summed E-state index contributed by atoms with van der Waals surface area (Å²) in [6, 6.07) is 6.91. The number of hydrogen-bond donors (Lipinski definition) is 1. The number of rotatable bonds is 3. The zero-order valence-corrected chi connectivity index (χ0v) is 13.9. The molecule has 3 aromatic rings. The van der Waals surface area contributed by atoms with Gasteiger partial charge in [-0.2, -0.15) is 0 Å². The van der Waals surface area contributed by atoms with Crippen LogP contribution in [0.3, 0.4) is 0 Å². The lowest BCUT2D eigenvalue weighted by atomic mass is 9.96. The number of imidazole rings is 1. The first-order chi connectivity index (χ1) is 11.9. The van der Waals surface area contributed by atoms with Gasteiger partial charge in [-0.05, 0) is 60.7 Å². The molecule has 4 nitrogen and oxygen atoms in total. The van der Waals surface area contributed by atoms with Crippen LogP contribution in [0.2, 0.25) is 0 Å². The fraction of sp³-hybridized carbons (Fsp3) is 0.263. The van der Waals surface area contributed by atoms with Gasteiger partial charge in [0.15, 0.2) is 5.82 Å². The molecule has 2 aromatic heterocycles. The summed E-state index contributed by atoms with van der Waals surface area (Å²) < 4.78 is 28.7. The van der Waals surface area contributed by atoms with Gasteiger partial charge in [0.1, 0.15) is 17.6 Å². The molecule has 0 bridgehead atoms. The zero-order valence-electron chi connectivity index (χ0n) is 13.9. The molecular formula is C19H17F2N3O. The molecule has 0 saturated heterocycles. The molecule has 4 rings (SSSR count). The summed E-state index contributed by atoms with van der Waals surface area (Å²) in [7, 11) is 0. The van der Waals surface area contributed by atoms with Crippen LogP contribution in [0.15, 0.2) is 36.7 Å². The Morgan fingerprint density at radius 2 is 2.00 bits per heavy atom. The lowest BCUT2D eigenvalue weighted by Gasteiger charge is -2.11. The molecule has 1 aliphatic rings. The van der Waals surface area contributed by atoms with Crippen molar-refractivity contribution < 1.29 is 13.6 Å². The number of anilines is 1. The monoisotopic (exact) mass is 341 g/mol. The Morgan fingerprint density at radius 3 is 2.72 bits per heavy atom. The van der Waals surface area contributed by atoms with Crippen molar-refractivity contribution in [3.8, 4) is 11.1 Å². The fourth-order valence-electron chi connectivity index (χ4n) is 3.12. The third kappa shape index (κ3) is 2.77. The van der Waals surface area contributed by atoms with E-state index in [1.54, 1.807) is 23.6 Å². The van der Waals surface area contributed by atoms with Gasteiger partial charge in [-0.15, -0.1) is 0 Å².